The van der Waals surface area contributed by atoms with Crippen molar-refractivity contribution in [3.8, 4) is 0 Å². The zero-order valence-electron chi connectivity index (χ0n) is 15.8. The molecule has 0 aromatic heterocycles. The summed E-state index contributed by atoms with van der Waals surface area (Å²) >= 11 is 0. The highest BCUT2D eigenvalue weighted by molar-refractivity contribution is 5.93. The van der Waals surface area contributed by atoms with E-state index in [1.54, 1.807) is 46.0 Å². The highest BCUT2D eigenvalue weighted by atomic mass is 16.6. The number of alkyl carbamates (subject to hydrolysis) is 1. The van der Waals surface area contributed by atoms with Gasteiger partial charge < -0.3 is 19.5 Å². The second-order valence-electron chi connectivity index (χ2n) is 7.43. The van der Waals surface area contributed by atoms with Crippen molar-refractivity contribution in [2.24, 2.45) is 0 Å². The minimum absolute atomic E-state index is 0.152. The third kappa shape index (κ3) is 4.24. The maximum absolute atomic E-state index is 12.2. The van der Waals surface area contributed by atoms with Crippen molar-refractivity contribution in [1.82, 2.24) is 5.32 Å². The number of amides is 3. The number of nitrogens with zero attached hydrogens (tertiary/aromatic N) is 2. The minimum Gasteiger partial charge on any atom is -0.444 e. The summed E-state index contributed by atoms with van der Waals surface area (Å²) in [5, 5.41) is 2.61. The van der Waals surface area contributed by atoms with Gasteiger partial charge in [-0.2, -0.15) is 0 Å². The number of rotatable bonds is 3. The highest BCUT2D eigenvalue weighted by Crippen LogP contribution is 2.31. The molecular formula is C18H23N3O6. The highest BCUT2D eigenvalue weighted by Gasteiger charge is 2.34. The monoisotopic (exact) mass is 377 g/mol. The van der Waals surface area contributed by atoms with Gasteiger partial charge in [-0.1, -0.05) is 0 Å². The Bertz CT molecular complexity index is 773. The molecule has 3 amide bonds. The maximum atomic E-state index is 12.2. The third-order valence-electron chi connectivity index (χ3n) is 4.11. The molecule has 2 heterocycles. The summed E-state index contributed by atoms with van der Waals surface area (Å²) < 4.78 is 15.6. The van der Waals surface area contributed by atoms with E-state index < -0.39 is 30.0 Å². The molecule has 0 bridgehead atoms. The minimum atomic E-state index is -0.595. The molecule has 0 saturated carbocycles. The van der Waals surface area contributed by atoms with Crippen LogP contribution in [0.2, 0.25) is 0 Å². The van der Waals surface area contributed by atoms with E-state index in [0.717, 1.165) is 11.3 Å². The Kier molecular flexibility index (Phi) is 4.86. The number of cyclic esters (lactones) is 2. The van der Waals surface area contributed by atoms with Crippen molar-refractivity contribution in [2.45, 2.75) is 39.1 Å². The Morgan fingerprint density at radius 3 is 2.74 bits per heavy atom. The number of benzene rings is 1. The largest absolute Gasteiger partial charge is 0.444 e. The number of carbonyl (C=O) groups is 3. The lowest BCUT2D eigenvalue weighted by Gasteiger charge is -2.26. The quantitative estimate of drug-likeness (QED) is 0.814. The van der Waals surface area contributed by atoms with Crippen LogP contribution in [-0.2, 0) is 20.8 Å². The molecular weight excluding hydrogens is 354 g/mol. The molecule has 9 nitrogen and oxygen atoms in total. The molecule has 1 fully saturated rings. The van der Waals surface area contributed by atoms with Gasteiger partial charge in [-0.05, 0) is 39.0 Å². The van der Waals surface area contributed by atoms with Gasteiger partial charge in [0.05, 0.1) is 18.8 Å². The molecule has 1 N–H and O–H groups in total. The topological polar surface area (TPSA) is 97.4 Å². The average molecular weight is 377 g/mol. The predicted octanol–water partition coefficient (Wildman–Crippen LogP) is 2.62. The van der Waals surface area contributed by atoms with Crippen LogP contribution < -0.4 is 15.1 Å². The average Bonchev–Trinajstić information content (AvgIpc) is 2.95. The molecule has 1 aromatic rings. The van der Waals surface area contributed by atoms with Crippen molar-refractivity contribution in [3.63, 3.8) is 0 Å². The Morgan fingerprint density at radius 1 is 1.30 bits per heavy atom. The van der Waals surface area contributed by atoms with Gasteiger partial charge in [0, 0.05) is 18.3 Å². The molecule has 0 aliphatic carbocycles. The number of fused-ring (bicyclic) bond motifs is 1. The van der Waals surface area contributed by atoms with Crippen LogP contribution >= 0.6 is 0 Å². The molecule has 0 radical (unpaired) electrons. The molecule has 3 rings (SSSR count). The predicted molar refractivity (Wildman–Crippen MR) is 96.9 cm³/mol. The van der Waals surface area contributed by atoms with E-state index in [-0.39, 0.29) is 13.2 Å². The van der Waals surface area contributed by atoms with Crippen molar-refractivity contribution in [1.29, 1.82) is 0 Å². The van der Waals surface area contributed by atoms with E-state index >= 15 is 0 Å². The summed E-state index contributed by atoms with van der Waals surface area (Å²) in [5.74, 6) is 0. The molecule has 1 atom stereocenters. The molecule has 1 unspecified atom stereocenters. The van der Waals surface area contributed by atoms with Crippen LogP contribution in [0.5, 0.6) is 0 Å². The third-order valence-corrected chi connectivity index (χ3v) is 4.11. The number of carbonyl (C=O) groups excluding carboxylic acids is 3. The van der Waals surface area contributed by atoms with E-state index in [1.165, 1.54) is 9.80 Å². The second kappa shape index (κ2) is 6.98. The van der Waals surface area contributed by atoms with Crippen LogP contribution in [-0.4, -0.2) is 50.1 Å². The Labute approximate surface area is 157 Å². The molecule has 9 heteroatoms. The fourth-order valence-corrected chi connectivity index (χ4v) is 2.87. The standard InChI is InChI=1S/C18H23N3O6/c1-18(2,3)27-15(22)19-8-13-9-21(17(24)26-13)12-5-6-14-11(7-12)10-25-16(23)20(14)4/h5-7,13H,8-10H2,1-4H3,(H,19,22). The van der Waals surface area contributed by atoms with Gasteiger partial charge in [-0.15, -0.1) is 0 Å². The first-order chi connectivity index (χ1) is 12.6. The SMILES string of the molecule is CN1C(=O)OCc2cc(N3CC(CNC(=O)OC(C)(C)C)OC3=O)ccc21. The Morgan fingerprint density at radius 2 is 2.04 bits per heavy atom. The number of anilines is 2. The lowest BCUT2D eigenvalue weighted by molar-refractivity contribution is 0.0496. The molecule has 2 aliphatic rings. The van der Waals surface area contributed by atoms with Crippen LogP contribution in [0, 0.1) is 0 Å². The molecule has 1 saturated heterocycles. The summed E-state index contributed by atoms with van der Waals surface area (Å²) in [6.07, 6.45) is -1.95. The number of nitrogens with one attached hydrogen (secondary N) is 1. The van der Waals surface area contributed by atoms with Gasteiger partial charge in [0.25, 0.3) is 0 Å². The molecule has 0 spiro atoms. The summed E-state index contributed by atoms with van der Waals surface area (Å²) in [6.45, 7) is 5.92. The van der Waals surface area contributed by atoms with Crippen LogP contribution in [0.4, 0.5) is 25.8 Å². The summed E-state index contributed by atoms with van der Waals surface area (Å²) in [4.78, 5) is 38.4. The lowest BCUT2D eigenvalue weighted by Crippen LogP contribution is -2.38. The normalized spacial score (nSPS) is 19.3. The summed E-state index contributed by atoms with van der Waals surface area (Å²) in [5.41, 5.74) is 1.59. The number of ether oxygens (including phenoxy) is 3. The molecule has 27 heavy (non-hydrogen) atoms. The van der Waals surface area contributed by atoms with E-state index in [0.29, 0.717) is 12.2 Å². The van der Waals surface area contributed by atoms with Gasteiger partial charge in [-0.25, -0.2) is 14.4 Å². The van der Waals surface area contributed by atoms with Crippen molar-refractivity contribution in [3.05, 3.63) is 23.8 Å². The van der Waals surface area contributed by atoms with Crippen LogP contribution in [0.3, 0.4) is 0 Å². The lowest BCUT2D eigenvalue weighted by atomic mass is 10.1. The number of hydrogen-bond acceptors (Lipinski definition) is 6. The van der Waals surface area contributed by atoms with Crippen molar-refractivity contribution < 1.29 is 28.6 Å². The first kappa shape index (κ1) is 18.8. The zero-order chi connectivity index (χ0) is 19.8. The van der Waals surface area contributed by atoms with Crippen LogP contribution in [0.1, 0.15) is 26.3 Å². The zero-order valence-corrected chi connectivity index (χ0v) is 15.8. The van der Waals surface area contributed by atoms with Gasteiger partial charge in [0.2, 0.25) is 0 Å². The number of hydrogen-bond donors (Lipinski definition) is 1. The van der Waals surface area contributed by atoms with E-state index in [2.05, 4.69) is 5.32 Å². The maximum Gasteiger partial charge on any atom is 0.414 e. The fraction of sp³-hybridized carbons (Fsp3) is 0.500. The Balaban J connectivity index is 1.63. The van der Waals surface area contributed by atoms with Gasteiger partial charge in [0.1, 0.15) is 18.3 Å². The molecule has 146 valence electrons. The van der Waals surface area contributed by atoms with Crippen LogP contribution in [0.25, 0.3) is 0 Å². The van der Waals surface area contributed by atoms with Gasteiger partial charge in [0.15, 0.2) is 0 Å². The Hall–Kier alpha value is -2.97. The van der Waals surface area contributed by atoms with Crippen molar-refractivity contribution in [2.75, 3.05) is 29.9 Å². The van der Waals surface area contributed by atoms with Gasteiger partial charge >= 0.3 is 18.3 Å². The smallest absolute Gasteiger partial charge is 0.414 e. The summed E-state index contributed by atoms with van der Waals surface area (Å²) in [6, 6.07) is 5.31. The summed E-state index contributed by atoms with van der Waals surface area (Å²) in [7, 11) is 1.63. The van der Waals surface area contributed by atoms with E-state index in [4.69, 9.17) is 14.2 Å². The first-order valence-electron chi connectivity index (χ1n) is 8.62. The van der Waals surface area contributed by atoms with Gasteiger partial charge in [-0.3, -0.25) is 9.80 Å². The fourth-order valence-electron chi connectivity index (χ4n) is 2.87. The molecule has 1 aromatic carbocycles. The van der Waals surface area contributed by atoms with E-state index in [9.17, 15) is 14.4 Å². The van der Waals surface area contributed by atoms with Crippen LogP contribution in [0.15, 0.2) is 18.2 Å². The first-order valence-corrected chi connectivity index (χ1v) is 8.62. The molecule has 2 aliphatic heterocycles. The second-order valence-corrected chi connectivity index (χ2v) is 7.43. The van der Waals surface area contributed by atoms with E-state index in [1.807, 2.05) is 0 Å². The van der Waals surface area contributed by atoms with Crippen molar-refractivity contribution >= 4 is 29.7 Å².